The van der Waals surface area contributed by atoms with Crippen molar-refractivity contribution in [1.82, 2.24) is 5.06 Å². The van der Waals surface area contributed by atoms with Gasteiger partial charge in [0.25, 0.3) is 5.91 Å². The second-order valence-electron chi connectivity index (χ2n) is 4.00. The van der Waals surface area contributed by atoms with Crippen LogP contribution in [0.15, 0.2) is 18.2 Å². The molecule has 0 saturated heterocycles. The summed E-state index contributed by atoms with van der Waals surface area (Å²) < 4.78 is 0. The minimum atomic E-state index is -0.227. The summed E-state index contributed by atoms with van der Waals surface area (Å²) in [5, 5.41) is 1.66. The lowest BCUT2D eigenvalue weighted by atomic mass is 10.1. The second-order valence-corrected chi connectivity index (χ2v) is 4.41. The molecule has 1 aliphatic rings. The summed E-state index contributed by atoms with van der Waals surface area (Å²) >= 11 is 6.09. The molecule has 1 saturated carbocycles. The Labute approximate surface area is 99.9 Å². The van der Waals surface area contributed by atoms with Crippen molar-refractivity contribution in [2.75, 3.05) is 14.2 Å². The van der Waals surface area contributed by atoms with E-state index >= 15 is 0 Å². The van der Waals surface area contributed by atoms with Crippen molar-refractivity contribution >= 4 is 17.5 Å². The van der Waals surface area contributed by atoms with Crippen LogP contribution < -0.4 is 0 Å². The molecule has 1 aliphatic carbocycles. The third-order valence-electron chi connectivity index (χ3n) is 2.83. The predicted molar refractivity (Wildman–Crippen MR) is 62.5 cm³/mol. The third kappa shape index (κ3) is 2.20. The highest BCUT2D eigenvalue weighted by Crippen LogP contribution is 2.41. The maximum Gasteiger partial charge on any atom is 0.278 e. The van der Waals surface area contributed by atoms with Crippen LogP contribution in [-0.2, 0) is 4.84 Å². The van der Waals surface area contributed by atoms with Crippen molar-refractivity contribution in [3.63, 3.8) is 0 Å². The lowest BCUT2D eigenvalue weighted by Gasteiger charge is -2.14. The van der Waals surface area contributed by atoms with E-state index in [-0.39, 0.29) is 5.91 Å². The van der Waals surface area contributed by atoms with E-state index in [1.807, 2.05) is 12.1 Å². The molecule has 0 aromatic heterocycles. The number of amides is 1. The Balaban J connectivity index is 2.24. The number of nitrogens with zero attached hydrogens (tertiary/aromatic N) is 1. The van der Waals surface area contributed by atoms with E-state index in [9.17, 15) is 4.79 Å². The molecule has 0 radical (unpaired) electrons. The van der Waals surface area contributed by atoms with E-state index in [1.165, 1.54) is 25.5 Å². The molecule has 0 spiro atoms. The van der Waals surface area contributed by atoms with Crippen LogP contribution in [0.25, 0.3) is 0 Å². The van der Waals surface area contributed by atoms with Gasteiger partial charge >= 0.3 is 0 Å². The first-order valence-corrected chi connectivity index (χ1v) is 5.63. The van der Waals surface area contributed by atoms with Crippen LogP contribution >= 0.6 is 11.6 Å². The fourth-order valence-corrected chi connectivity index (χ4v) is 1.90. The lowest BCUT2D eigenvalue weighted by Crippen LogP contribution is -2.25. The Morgan fingerprint density at radius 1 is 1.50 bits per heavy atom. The van der Waals surface area contributed by atoms with Gasteiger partial charge in [0.15, 0.2) is 0 Å². The van der Waals surface area contributed by atoms with Gasteiger partial charge in [-0.1, -0.05) is 17.7 Å². The molecular formula is C12H14ClNO2. The molecule has 2 rings (SSSR count). The average Bonchev–Trinajstić information content (AvgIpc) is 3.10. The molecule has 0 aliphatic heterocycles. The van der Waals surface area contributed by atoms with Crippen LogP contribution in [-0.4, -0.2) is 25.1 Å². The highest BCUT2D eigenvalue weighted by atomic mass is 35.5. The van der Waals surface area contributed by atoms with Gasteiger partial charge in [-0.25, -0.2) is 5.06 Å². The first-order valence-electron chi connectivity index (χ1n) is 5.25. The normalized spacial score (nSPS) is 14.9. The van der Waals surface area contributed by atoms with E-state index in [4.69, 9.17) is 16.4 Å². The largest absolute Gasteiger partial charge is 0.278 e. The van der Waals surface area contributed by atoms with E-state index in [1.54, 1.807) is 13.1 Å². The van der Waals surface area contributed by atoms with Gasteiger partial charge < -0.3 is 0 Å². The number of hydroxylamine groups is 2. The zero-order chi connectivity index (χ0) is 11.7. The molecule has 16 heavy (non-hydrogen) atoms. The Morgan fingerprint density at radius 2 is 2.19 bits per heavy atom. The average molecular weight is 240 g/mol. The molecule has 0 N–H and O–H groups in total. The molecule has 0 unspecified atom stereocenters. The molecule has 0 bridgehead atoms. The molecule has 1 fully saturated rings. The topological polar surface area (TPSA) is 29.5 Å². The number of rotatable bonds is 3. The molecule has 1 aromatic carbocycles. The number of carbonyl (C=O) groups is 1. The summed E-state index contributed by atoms with van der Waals surface area (Å²) in [7, 11) is 3.01. The van der Waals surface area contributed by atoms with E-state index in [0.717, 1.165) is 5.06 Å². The molecule has 4 heteroatoms. The van der Waals surface area contributed by atoms with Gasteiger partial charge in [-0.05, 0) is 36.5 Å². The predicted octanol–water partition coefficient (Wildman–Crippen LogP) is 2.85. The van der Waals surface area contributed by atoms with Gasteiger partial charge in [0.2, 0.25) is 0 Å². The molecule has 1 aromatic rings. The molecule has 0 heterocycles. The number of halogens is 1. The summed E-state index contributed by atoms with van der Waals surface area (Å²) in [6, 6.07) is 5.63. The van der Waals surface area contributed by atoms with Crippen LogP contribution in [0.2, 0.25) is 5.02 Å². The smallest absolute Gasteiger partial charge is 0.274 e. The fourth-order valence-electron chi connectivity index (χ4n) is 1.63. The van der Waals surface area contributed by atoms with Gasteiger partial charge in [0.1, 0.15) is 0 Å². The summed E-state index contributed by atoms with van der Waals surface area (Å²) in [6.45, 7) is 0. The third-order valence-corrected chi connectivity index (χ3v) is 3.14. The van der Waals surface area contributed by atoms with Crippen LogP contribution in [0.3, 0.4) is 0 Å². The Bertz CT molecular complexity index is 415. The summed E-state index contributed by atoms with van der Waals surface area (Å²) in [5.41, 5.74) is 1.71. The van der Waals surface area contributed by atoms with E-state index in [0.29, 0.717) is 16.5 Å². The van der Waals surface area contributed by atoms with Gasteiger partial charge in [-0.2, -0.15) is 0 Å². The lowest BCUT2D eigenvalue weighted by molar-refractivity contribution is -0.0756. The first-order chi connectivity index (χ1) is 7.63. The van der Waals surface area contributed by atoms with E-state index in [2.05, 4.69) is 0 Å². The fraction of sp³-hybridized carbons (Fsp3) is 0.417. The highest BCUT2D eigenvalue weighted by Gasteiger charge is 2.25. The summed E-state index contributed by atoms with van der Waals surface area (Å²) in [5.74, 6) is 0.414. The maximum absolute atomic E-state index is 11.8. The minimum Gasteiger partial charge on any atom is -0.274 e. The number of hydrogen-bond donors (Lipinski definition) is 0. The summed E-state index contributed by atoms with van der Waals surface area (Å²) in [6.07, 6.45) is 2.45. The Kier molecular flexibility index (Phi) is 3.17. The number of carbonyl (C=O) groups excluding carboxylic acids is 1. The maximum atomic E-state index is 11.8. The van der Waals surface area contributed by atoms with Crippen LogP contribution in [0.1, 0.15) is 34.7 Å². The number of benzene rings is 1. The first kappa shape index (κ1) is 11.4. The molecule has 86 valence electrons. The number of hydrogen-bond acceptors (Lipinski definition) is 2. The Hall–Kier alpha value is -1.06. The molecule has 1 amide bonds. The molecule has 0 atom stereocenters. The van der Waals surface area contributed by atoms with Gasteiger partial charge in [-0.3, -0.25) is 9.63 Å². The van der Waals surface area contributed by atoms with Crippen molar-refractivity contribution in [2.45, 2.75) is 18.8 Å². The quantitative estimate of drug-likeness (QED) is 0.759. The standard InChI is InChI=1S/C12H14ClNO2/c1-14(16-2)12(15)10-6-5-9(7-11(10)13)8-3-4-8/h5-8H,3-4H2,1-2H3. The molecular weight excluding hydrogens is 226 g/mol. The Morgan fingerprint density at radius 3 is 2.69 bits per heavy atom. The van der Waals surface area contributed by atoms with Crippen LogP contribution in [0, 0.1) is 0 Å². The van der Waals surface area contributed by atoms with Crippen LogP contribution in [0.5, 0.6) is 0 Å². The van der Waals surface area contributed by atoms with Gasteiger partial charge in [0, 0.05) is 7.05 Å². The van der Waals surface area contributed by atoms with Gasteiger partial charge in [0.05, 0.1) is 17.7 Å². The second kappa shape index (κ2) is 4.44. The zero-order valence-electron chi connectivity index (χ0n) is 9.37. The monoisotopic (exact) mass is 239 g/mol. The SMILES string of the molecule is CON(C)C(=O)c1ccc(C2CC2)cc1Cl. The van der Waals surface area contributed by atoms with Crippen molar-refractivity contribution in [3.8, 4) is 0 Å². The van der Waals surface area contributed by atoms with Crippen molar-refractivity contribution in [2.24, 2.45) is 0 Å². The van der Waals surface area contributed by atoms with Crippen molar-refractivity contribution in [1.29, 1.82) is 0 Å². The van der Waals surface area contributed by atoms with Gasteiger partial charge in [-0.15, -0.1) is 0 Å². The summed E-state index contributed by atoms with van der Waals surface area (Å²) in [4.78, 5) is 16.6. The molecule has 3 nitrogen and oxygen atoms in total. The highest BCUT2D eigenvalue weighted by molar-refractivity contribution is 6.33. The minimum absolute atomic E-state index is 0.227. The van der Waals surface area contributed by atoms with Crippen molar-refractivity contribution in [3.05, 3.63) is 34.3 Å². The zero-order valence-corrected chi connectivity index (χ0v) is 10.1. The van der Waals surface area contributed by atoms with Crippen LogP contribution in [0.4, 0.5) is 0 Å². The van der Waals surface area contributed by atoms with E-state index < -0.39 is 0 Å². The van der Waals surface area contributed by atoms with Crippen molar-refractivity contribution < 1.29 is 9.63 Å².